The maximum atomic E-state index is 12.0. The summed E-state index contributed by atoms with van der Waals surface area (Å²) in [6.45, 7) is 3.53. The fourth-order valence-corrected chi connectivity index (χ4v) is 2.77. The lowest BCUT2D eigenvalue weighted by Crippen LogP contribution is -2.36. The number of carbonyl (C=O) groups excluding carboxylic acids is 1. The lowest BCUT2D eigenvalue weighted by Gasteiger charge is -2.11. The van der Waals surface area contributed by atoms with Crippen LogP contribution in [0.15, 0.2) is 70.3 Å². The molecule has 7 nitrogen and oxygen atoms in total. The lowest BCUT2D eigenvalue weighted by atomic mass is 10.1. The van der Waals surface area contributed by atoms with E-state index in [0.717, 1.165) is 16.8 Å². The SMILES string of the molecule is CCNC(=O)c1cccc(CNC(=NC)NCc2coc(-c3ccccc3)n2)c1. The van der Waals surface area contributed by atoms with Crippen LogP contribution in [0.4, 0.5) is 0 Å². The summed E-state index contributed by atoms with van der Waals surface area (Å²) in [6.07, 6.45) is 1.64. The third kappa shape index (κ3) is 5.68. The highest BCUT2D eigenvalue weighted by molar-refractivity contribution is 5.94. The Balaban J connectivity index is 1.53. The molecule has 0 radical (unpaired) electrons. The first kappa shape index (κ1) is 20.1. The van der Waals surface area contributed by atoms with Crippen LogP contribution >= 0.6 is 0 Å². The van der Waals surface area contributed by atoms with Gasteiger partial charge in [0.1, 0.15) is 6.26 Å². The molecule has 1 aromatic heterocycles. The predicted molar refractivity (Wildman–Crippen MR) is 113 cm³/mol. The number of carbonyl (C=O) groups is 1. The van der Waals surface area contributed by atoms with Gasteiger partial charge in [-0.2, -0.15) is 0 Å². The van der Waals surface area contributed by atoms with Crippen LogP contribution in [-0.2, 0) is 13.1 Å². The molecule has 3 aromatic rings. The minimum Gasteiger partial charge on any atom is -0.444 e. The molecule has 2 aromatic carbocycles. The van der Waals surface area contributed by atoms with E-state index in [1.807, 2.05) is 55.5 Å². The van der Waals surface area contributed by atoms with Crippen molar-refractivity contribution in [3.63, 3.8) is 0 Å². The Morgan fingerprint density at radius 3 is 2.59 bits per heavy atom. The van der Waals surface area contributed by atoms with Crippen molar-refractivity contribution in [2.75, 3.05) is 13.6 Å². The van der Waals surface area contributed by atoms with Crippen molar-refractivity contribution in [2.45, 2.75) is 20.0 Å². The van der Waals surface area contributed by atoms with Gasteiger partial charge in [0.2, 0.25) is 5.89 Å². The van der Waals surface area contributed by atoms with E-state index in [4.69, 9.17) is 4.42 Å². The second-order valence-electron chi connectivity index (χ2n) is 6.35. The van der Waals surface area contributed by atoms with Crippen LogP contribution in [0.3, 0.4) is 0 Å². The number of nitrogens with one attached hydrogen (secondary N) is 3. The summed E-state index contributed by atoms with van der Waals surface area (Å²) in [7, 11) is 1.71. The molecule has 0 aliphatic heterocycles. The number of nitrogens with zero attached hydrogens (tertiary/aromatic N) is 2. The quantitative estimate of drug-likeness (QED) is 0.425. The maximum absolute atomic E-state index is 12.0. The summed E-state index contributed by atoms with van der Waals surface area (Å²) in [6, 6.07) is 17.3. The molecule has 150 valence electrons. The van der Waals surface area contributed by atoms with Gasteiger partial charge in [0.25, 0.3) is 5.91 Å². The summed E-state index contributed by atoms with van der Waals surface area (Å²) < 4.78 is 5.55. The van der Waals surface area contributed by atoms with Gasteiger partial charge < -0.3 is 20.4 Å². The Labute approximate surface area is 170 Å². The number of guanidine groups is 1. The Morgan fingerprint density at radius 2 is 1.83 bits per heavy atom. The van der Waals surface area contributed by atoms with Gasteiger partial charge in [-0.1, -0.05) is 30.3 Å². The second kappa shape index (κ2) is 10.1. The largest absolute Gasteiger partial charge is 0.444 e. The second-order valence-corrected chi connectivity index (χ2v) is 6.35. The molecule has 0 atom stereocenters. The molecule has 0 saturated carbocycles. The molecule has 0 fully saturated rings. The first-order chi connectivity index (χ1) is 14.2. The standard InChI is InChI=1S/C22H25N5O2/c1-3-24-20(28)18-11-7-8-16(12-18)13-25-22(23-2)26-14-19-15-29-21(27-19)17-9-5-4-6-10-17/h4-12,15H,3,13-14H2,1-2H3,(H,24,28)(H2,23,25,26). The minimum absolute atomic E-state index is 0.0721. The van der Waals surface area contributed by atoms with Gasteiger partial charge >= 0.3 is 0 Å². The number of benzene rings is 2. The van der Waals surface area contributed by atoms with E-state index in [1.54, 1.807) is 19.4 Å². The zero-order chi connectivity index (χ0) is 20.5. The van der Waals surface area contributed by atoms with Gasteiger partial charge in [0, 0.05) is 31.3 Å². The van der Waals surface area contributed by atoms with Gasteiger partial charge in [-0.3, -0.25) is 9.79 Å². The molecule has 29 heavy (non-hydrogen) atoms. The highest BCUT2D eigenvalue weighted by atomic mass is 16.3. The van der Waals surface area contributed by atoms with Crippen LogP contribution in [0.5, 0.6) is 0 Å². The van der Waals surface area contributed by atoms with Crippen molar-refractivity contribution in [2.24, 2.45) is 4.99 Å². The predicted octanol–water partition coefficient (Wildman–Crippen LogP) is 2.96. The monoisotopic (exact) mass is 391 g/mol. The van der Waals surface area contributed by atoms with Crippen LogP contribution < -0.4 is 16.0 Å². The lowest BCUT2D eigenvalue weighted by molar-refractivity contribution is 0.0955. The van der Waals surface area contributed by atoms with Gasteiger partial charge in [-0.15, -0.1) is 0 Å². The molecule has 0 saturated heterocycles. The van der Waals surface area contributed by atoms with Crippen LogP contribution in [0.2, 0.25) is 0 Å². The van der Waals surface area contributed by atoms with Crippen LogP contribution in [0.25, 0.3) is 11.5 Å². The van der Waals surface area contributed by atoms with E-state index < -0.39 is 0 Å². The highest BCUT2D eigenvalue weighted by Crippen LogP contribution is 2.17. The summed E-state index contributed by atoms with van der Waals surface area (Å²) in [4.78, 5) is 20.7. The number of aliphatic imine (C=N–C) groups is 1. The van der Waals surface area contributed by atoms with Crippen molar-refractivity contribution >= 4 is 11.9 Å². The minimum atomic E-state index is -0.0721. The van der Waals surface area contributed by atoms with Crippen molar-refractivity contribution in [1.29, 1.82) is 0 Å². The summed E-state index contributed by atoms with van der Waals surface area (Å²) in [5.74, 6) is 1.15. The van der Waals surface area contributed by atoms with Crippen molar-refractivity contribution in [3.8, 4) is 11.5 Å². The number of aromatic nitrogens is 1. The van der Waals surface area contributed by atoms with E-state index in [9.17, 15) is 4.79 Å². The Morgan fingerprint density at radius 1 is 1.03 bits per heavy atom. The molecule has 0 aliphatic rings. The average molecular weight is 391 g/mol. The highest BCUT2D eigenvalue weighted by Gasteiger charge is 2.08. The molecule has 0 aliphatic carbocycles. The number of hydrogen-bond acceptors (Lipinski definition) is 4. The van der Waals surface area contributed by atoms with Crippen molar-refractivity contribution in [1.82, 2.24) is 20.9 Å². The molecule has 0 unspecified atom stereocenters. The molecule has 3 N–H and O–H groups in total. The van der Waals surface area contributed by atoms with E-state index >= 15 is 0 Å². The van der Waals surface area contributed by atoms with Gasteiger partial charge in [-0.25, -0.2) is 4.98 Å². The van der Waals surface area contributed by atoms with Crippen molar-refractivity contribution in [3.05, 3.63) is 77.7 Å². The van der Waals surface area contributed by atoms with Crippen LogP contribution in [0.1, 0.15) is 28.5 Å². The summed E-state index contributed by atoms with van der Waals surface area (Å²) in [5, 5.41) is 9.26. The molecular formula is C22H25N5O2. The van der Waals surface area contributed by atoms with Crippen LogP contribution in [-0.4, -0.2) is 30.4 Å². The molecule has 0 spiro atoms. The van der Waals surface area contributed by atoms with E-state index in [1.165, 1.54) is 0 Å². The normalized spacial score (nSPS) is 11.2. The summed E-state index contributed by atoms with van der Waals surface area (Å²) >= 11 is 0. The average Bonchev–Trinajstić information content (AvgIpc) is 3.24. The number of oxazole rings is 1. The number of amides is 1. The smallest absolute Gasteiger partial charge is 0.251 e. The fraction of sp³-hybridized carbons (Fsp3) is 0.227. The summed E-state index contributed by atoms with van der Waals surface area (Å²) in [5.41, 5.74) is 3.35. The third-order valence-corrected chi connectivity index (χ3v) is 4.22. The topological polar surface area (TPSA) is 91.5 Å². The van der Waals surface area contributed by atoms with Gasteiger partial charge in [-0.05, 0) is 36.8 Å². The maximum Gasteiger partial charge on any atom is 0.251 e. The van der Waals surface area contributed by atoms with E-state index in [0.29, 0.717) is 37.0 Å². The van der Waals surface area contributed by atoms with Crippen LogP contribution in [0, 0.1) is 0 Å². The Hall–Kier alpha value is -3.61. The molecule has 0 bridgehead atoms. The number of hydrogen-bond donors (Lipinski definition) is 3. The molecule has 3 rings (SSSR count). The van der Waals surface area contributed by atoms with Gasteiger partial charge in [0.05, 0.1) is 12.2 Å². The van der Waals surface area contributed by atoms with Crippen molar-refractivity contribution < 1.29 is 9.21 Å². The molecule has 1 amide bonds. The molecule has 7 heteroatoms. The first-order valence-corrected chi connectivity index (χ1v) is 9.51. The number of rotatable bonds is 7. The zero-order valence-electron chi connectivity index (χ0n) is 16.6. The van der Waals surface area contributed by atoms with E-state index in [2.05, 4.69) is 25.9 Å². The Bertz CT molecular complexity index is 966. The molecular weight excluding hydrogens is 366 g/mol. The van der Waals surface area contributed by atoms with Gasteiger partial charge in [0.15, 0.2) is 5.96 Å². The first-order valence-electron chi connectivity index (χ1n) is 9.51. The zero-order valence-corrected chi connectivity index (χ0v) is 16.6. The van der Waals surface area contributed by atoms with E-state index in [-0.39, 0.29) is 5.91 Å². The molecule has 1 heterocycles. The Kier molecular flexibility index (Phi) is 7.00. The third-order valence-electron chi connectivity index (χ3n) is 4.22. The fourth-order valence-electron chi connectivity index (χ4n) is 2.77.